The second-order valence-corrected chi connectivity index (χ2v) is 4.95. The van der Waals surface area contributed by atoms with E-state index in [0.717, 1.165) is 18.7 Å². The van der Waals surface area contributed by atoms with Gasteiger partial charge in [-0.25, -0.2) is 4.79 Å². The average Bonchev–Trinajstić information content (AvgIpc) is 2.83. The van der Waals surface area contributed by atoms with Crippen LogP contribution in [0.25, 0.3) is 0 Å². The molecule has 104 valence electrons. The van der Waals surface area contributed by atoms with E-state index < -0.39 is 5.97 Å². The number of halogens is 1. The first kappa shape index (κ1) is 13.1. The highest BCUT2D eigenvalue weighted by Gasteiger charge is 2.28. The molecule has 1 fully saturated rings. The molecule has 2 aliphatic rings. The molecule has 0 unspecified atom stereocenters. The van der Waals surface area contributed by atoms with Crippen LogP contribution in [-0.4, -0.2) is 42.9 Å². The van der Waals surface area contributed by atoms with Crippen LogP contribution in [0.3, 0.4) is 0 Å². The Morgan fingerprint density at radius 3 is 2.60 bits per heavy atom. The first-order chi connectivity index (χ1) is 9.74. The minimum atomic E-state index is -0.429. The fourth-order valence-electron chi connectivity index (χ4n) is 2.10. The van der Waals surface area contributed by atoms with Gasteiger partial charge < -0.3 is 14.5 Å². The zero-order valence-corrected chi connectivity index (χ0v) is 11.5. The van der Waals surface area contributed by atoms with Crippen LogP contribution in [0.5, 0.6) is 0 Å². The summed E-state index contributed by atoms with van der Waals surface area (Å²) in [7, 11) is 0. The smallest absolute Gasteiger partial charge is 0.369 e. The van der Waals surface area contributed by atoms with Gasteiger partial charge in [-0.15, -0.1) is 0 Å². The maximum Gasteiger partial charge on any atom is 0.369 e. The zero-order valence-electron chi connectivity index (χ0n) is 10.7. The van der Waals surface area contributed by atoms with Gasteiger partial charge in [0.2, 0.25) is 0 Å². The molecule has 0 N–H and O–H groups in total. The number of oxime groups is 1. The Morgan fingerprint density at radius 2 is 1.90 bits per heavy atom. The molecule has 2 heterocycles. The second-order valence-electron chi connectivity index (χ2n) is 4.52. The summed E-state index contributed by atoms with van der Waals surface area (Å²) in [4.78, 5) is 18.6. The van der Waals surface area contributed by atoms with E-state index in [1.54, 1.807) is 18.3 Å². The lowest BCUT2D eigenvalue weighted by Gasteiger charge is -2.25. The van der Waals surface area contributed by atoms with Crippen molar-refractivity contribution in [3.05, 3.63) is 46.6 Å². The van der Waals surface area contributed by atoms with Crippen molar-refractivity contribution >= 4 is 23.3 Å². The molecule has 0 saturated carbocycles. The number of hydrogen-bond donors (Lipinski definition) is 0. The van der Waals surface area contributed by atoms with Crippen molar-refractivity contribution in [2.75, 3.05) is 26.3 Å². The molecule has 1 saturated heterocycles. The van der Waals surface area contributed by atoms with Gasteiger partial charge in [0.05, 0.1) is 13.2 Å². The number of carbonyl (C=O) groups excluding carboxylic acids is 1. The van der Waals surface area contributed by atoms with Crippen molar-refractivity contribution in [1.29, 1.82) is 0 Å². The normalized spacial score (nSPS) is 21.1. The molecule has 1 aromatic rings. The van der Waals surface area contributed by atoms with Gasteiger partial charge in [-0.3, -0.25) is 0 Å². The predicted molar refractivity (Wildman–Crippen MR) is 74.6 cm³/mol. The lowest BCUT2D eigenvalue weighted by molar-refractivity contribution is -0.137. The van der Waals surface area contributed by atoms with Gasteiger partial charge in [-0.2, -0.15) is 0 Å². The van der Waals surface area contributed by atoms with Gasteiger partial charge in [0.25, 0.3) is 0 Å². The molecule has 1 aromatic carbocycles. The summed E-state index contributed by atoms with van der Waals surface area (Å²) in [6.45, 7) is 2.83. The van der Waals surface area contributed by atoms with Crippen LogP contribution in [0.1, 0.15) is 5.56 Å². The summed E-state index contributed by atoms with van der Waals surface area (Å²) in [6.07, 6.45) is 1.80. The Morgan fingerprint density at radius 1 is 1.20 bits per heavy atom. The molecule has 0 bridgehead atoms. The lowest BCUT2D eigenvalue weighted by atomic mass is 10.0. The van der Waals surface area contributed by atoms with E-state index in [2.05, 4.69) is 5.16 Å². The van der Waals surface area contributed by atoms with Gasteiger partial charge in [0.15, 0.2) is 0 Å². The Bertz CT molecular complexity index is 575. The molecular formula is C14H13ClN2O3. The Balaban J connectivity index is 1.87. The Hall–Kier alpha value is -1.85. The van der Waals surface area contributed by atoms with E-state index in [0.29, 0.717) is 29.5 Å². The maximum absolute atomic E-state index is 11.8. The molecule has 6 heteroatoms. The molecule has 0 aliphatic carbocycles. The minimum absolute atomic E-state index is 0.429. The zero-order chi connectivity index (χ0) is 13.9. The van der Waals surface area contributed by atoms with Crippen LogP contribution in [0.15, 0.2) is 41.2 Å². The predicted octanol–water partition coefficient (Wildman–Crippen LogP) is 1.82. The number of carbonyl (C=O) groups is 1. The molecule has 0 aromatic heterocycles. The highest BCUT2D eigenvalue weighted by molar-refractivity contribution is 6.31. The summed E-state index contributed by atoms with van der Waals surface area (Å²) in [5.74, 6) is -0.429. The van der Waals surface area contributed by atoms with Crippen LogP contribution in [0.4, 0.5) is 0 Å². The van der Waals surface area contributed by atoms with Crippen molar-refractivity contribution < 1.29 is 14.4 Å². The molecule has 0 spiro atoms. The van der Waals surface area contributed by atoms with Gasteiger partial charge in [-0.05, 0) is 12.1 Å². The molecular weight excluding hydrogens is 280 g/mol. The van der Waals surface area contributed by atoms with Crippen molar-refractivity contribution in [3.8, 4) is 0 Å². The number of morpholine rings is 1. The van der Waals surface area contributed by atoms with Crippen LogP contribution >= 0.6 is 11.6 Å². The van der Waals surface area contributed by atoms with Crippen molar-refractivity contribution in [1.82, 2.24) is 4.90 Å². The summed E-state index contributed by atoms with van der Waals surface area (Å²) < 4.78 is 5.28. The summed E-state index contributed by atoms with van der Waals surface area (Å²) >= 11 is 5.86. The van der Waals surface area contributed by atoms with E-state index in [-0.39, 0.29) is 0 Å². The molecule has 3 rings (SSSR count). The van der Waals surface area contributed by atoms with Crippen molar-refractivity contribution in [3.63, 3.8) is 0 Å². The van der Waals surface area contributed by atoms with Crippen LogP contribution < -0.4 is 0 Å². The molecule has 0 atom stereocenters. The fourth-order valence-corrected chi connectivity index (χ4v) is 2.23. The van der Waals surface area contributed by atoms with Crippen molar-refractivity contribution in [2.45, 2.75) is 0 Å². The van der Waals surface area contributed by atoms with Crippen LogP contribution in [-0.2, 0) is 14.4 Å². The summed E-state index contributed by atoms with van der Waals surface area (Å²) in [5, 5.41) is 4.50. The van der Waals surface area contributed by atoms with Gasteiger partial charge in [0, 0.05) is 29.9 Å². The quantitative estimate of drug-likeness (QED) is 0.616. The minimum Gasteiger partial charge on any atom is -0.378 e. The Kier molecular flexibility index (Phi) is 3.71. The standard InChI is InChI=1S/C14H13ClN2O3/c15-11-3-1-10(2-4-11)13-12(14(18)20-16-13)9-17-5-7-19-8-6-17/h1-4,9H,5-8H2. The van der Waals surface area contributed by atoms with Gasteiger partial charge >= 0.3 is 5.97 Å². The number of nitrogens with zero attached hydrogens (tertiary/aromatic N) is 2. The Labute approximate surface area is 121 Å². The molecule has 20 heavy (non-hydrogen) atoms. The first-order valence-corrected chi connectivity index (χ1v) is 6.71. The fraction of sp³-hybridized carbons (Fsp3) is 0.286. The maximum atomic E-state index is 11.8. The van der Waals surface area contributed by atoms with E-state index in [1.807, 2.05) is 17.0 Å². The third-order valence-electron chi connectivity index (χ3n) is 3.17. The largest absolute Gasteiger partial charge is 0.378 e. The number of hydrogen-bond acceptors (Lipinski definition) is 5. The third-order valence-corrected chi connectivity index (χ3v) is 3.42. The third kappa shape index (κ3) is 2.69. The van der Waals surface area contributed by atoms with E-state index in [9.17, 15) is 4.79 Å². The van der Waals surface area contributed by atoms with Gasteiger partial charge in [0.1, 0.15) is 11.3 Å². The SMILES string of the molecule is O=C1ON=C(c2ccc(Cl)cc2)C1=CN1CCOCC1. The average molecular weight is 293 g/mol. The highest BCUT2D eigenvalue weighted by Crippen LogP contribution is 2.20. The summed E-state index contributed by atoms with van der Waals surface area (Å²) in [6, 6.07) is 7.15. The molecule has 0 radical (unpaired) electrons. The lowest BCUT2D eigenvalue weighted by Crippen LogP contribution is -2.33. The molecule has 5 nitrogen and oxygen atoms in total. The molecule has 0 amide bonds. The molecule has 2 aliphatic heterocycles. The second kappa shape index (κ2) is 5.64. The monoisotopic (exact) mass is 292 g/mol. The highest BCUT2D eigenvalue weighted by atomic mass is 35.5. The van der Waals surface area contributed by atoms with E-state index >= 15 is 0 Å². The van der Waals surface area contributed by atoms with Crippen LogP contribution in [0, 0.1) is 0 Å². The topological polar surface area (TPSA) is 51.1 Å². The number of ether oxygens (including phenoxy) is 1. The van der Waals surface area contributed by atoms with E-state index in [4.69, 9.17) is 21.2 Å². The van der Waals surface area contributed by atoms with Gasteiger partial charge in [-0.1, -0.05) is 28.9 Å². The van der Waals surface area contributed by atoms with Crippen molar-refractivity contribution in [2.24, 2.45) is 5.16 Å². The van der Waals surface area contributed by atoms with Crippen LogP contribution in [0.2, 0.25) is 5.02 Å². The number of benzene rings is 1. The first-order valence-electron chi connectivity index (χ1n) is 6.33. The number of rotatable bonds is 2. The van der Waals surface area contributed by atoms with E-state index in [1.165, 1.54) is 0 Å². The summed E-state index contributed by atoms with van der Waals surface area (Å²) in [5.41, 5.74) is 1.81.